The summed E-state index contributed by atoms with van der Waals surface area (Å²) in [6.45, 7) is 5.37. The molecular formula is C12H21N7. The summed E-state index contributed by atoms with van der Waals surface area (Å²) >= 11 is 0. The first-order valence-corrected chi connectivity index (χ1v) is 6.62. The summed E-state index contributed by atoms with van der Waals surface area (Å²) in [6.07, 6.45) is 5.30. The number of aromatic nitrogens is 4. The first kappa shape index (κ1) is 13.5. The Morgan fingerprint density at radius 3 is 2.89 bits per heavy atom. The van der Waals surface area contributed by atoms with E-state index in [1.54, 1.807) is 6.20 Å². The quantitative estimate of drug-likeness (QED) is 0.345. The molecule has 5 N–H and O–H groups in total. The van der Waals surface area contributed by atoms with Crippen LogP contribution in [0, 0.1) is 5.92 Å². The number of hydrazine groups is 1. The van der Waals surface area contributed by atoms with Crippen LogP contribution in [0.2, 0.25) is 0 Å². The lowest BCUT2D eigenvalue weighted by atomic mass is 10.1. The van der Waals surface area contributed by atoms with Crippen LogP contribution in [0.25, 0.3) is 11.0 Å². The minimum atomic E-state index is 0.376. The van der Waals surface area contributed by atoms with Crippen LogP contribution in [0.3, 0.4) is 0 Å². The maximum atomic E-state index is 5.35. The summed E-state index contributed by atoms with van der Waals surface area (Å²) in [5, 5.41) is 11.0. The van der Waals surface area contributed by atoms with Crippen LogP contribution in [-0.2, 0) is 0 Å². The van der Waals surface area contributed by atoms with Crippen molar-refractivity contribution < 1.29 is 0 Å². The first-order chi connectivity index (χ1) is 9.20. The minimum absolute atomic E-state index is 0.376. The molecule has 2 rings (SSSR count). The Bertz CT molecular complexity index is 520. The van der Waals surface area contributed by atoms with E-state index in [1.165, 1.54) is 12.8 Å². The molecule has 0 aliphatic rings. The van der Waals surface area contributed by atoms with E-state index in [0.717, 1.165) is 30.1 Å². The van der Waals surface area contributed by atoms with E-state index in [0.29, 0.717) is 11.6 Å². The van der Waals surface area contributed by atoms with Crippen LogP contribution in [0.1, 0.15) is 33.1 Å². The highest BCUT2D eigenvalue weighted by Crippen LogP contribution is 2.19. The van der Waals surface area contributed by atoms with Crippen molar-refractivity contribution in [3.63, 3.8) is 0 Å². The number of nitrogen functional groups attached to an aromatic ring is 1. The molecule has 2 heterocycles. The first-order valence-electron chi connectivity index (χ1n) is 6.62. The van der Waals surface area contributed by atoms with E-state index in [1.807, 2.05) is 0 Å². The maximum absolute atomic E-state index is 5.35. The van der Waals surface area contributed by atoms with Gasteiger partial charge in [-0.3, -0.25) is 10.5 Å². The van der Waals surface area contributed by atoms with Gasteiger partial charge in [-0.05, 0) is 12.3 Å². The van der Waals surface area contributed by atoms with E-state index < -0.39 is 0 Å². The number of anilines is 2. The van der Waals surface area contributed by atoms with Crippen LogP contribution >= 0.6 is 0 Å². The molecule has 7 heteroatoms. The molecule has 0 radical (unpaired) electrons. The van der Waals surface area contributed by atoms with Gasteiger partial charge >= 0.3 is 0 Å². The van der Waals surface area contributed by atoms with Crippen LogP contribution in [0.4, 0.5) is 11.8 Å². The number of hydrogen-bond acceptors (Lipinski definition) is 6. The standard InChI is InChI=1S/C12H21N7/c1-8(2)5-3-4-6-14-10-9-7-15-19-11(9)17-12(16-10)18-13/h7-8H,3-6,13H2,1-2H3,(H3,14,15,16,17,18,19). The van der Waals surface area contributed by atoms with Crippen LogP contribution in [0.15, 0.2) is 6.20 Å². The molecule has 19 heavy (non-hydrogen) atoms. The molecule has 0 unspecified atom stereocenters. The molecule has 0 amide bonds. The van der Waals surface area contributed by atoms with Gasteiger partial charge in [-0.25, -0.2) is 5.84 Å². The zero-order valence-electron chi connectivity index (χ0n) is 11.4. The molecule has 0 aliphatic carbocycles. The molecule has 2 aromatic heterocycles. The Balaban J connectivity index is 1.97. The summed E-state index contributed by atoms with van der Waals surface area (Å²) in [6, 6.07) is 0. The van der Waals surface area contributed by atoms with Crippen molar-refractivity contribution in [3.8, 4) is 0 Å². The molecule has 0 bridgehead atoms. The number of aromatic amines is 1. The zero-order chi connectivity index (χ0) is 13.7. The topological polar surface area (TPSA) is 105 Å². The van der Waals surface area contributed by atoms with Gasteiger partial charge in [-0.2, -0.15) is 15.1 Å². The number of nitrogens with one attached hydrogen (secondary N) is 3. The van der Waals surface area contributed by atoms with Gasteiger partial charge in [0.1, 0.15) is 5.82 Å². The van der Waals surface area contributed by atoms with Gasteiger partial charge in [0, 0.05) is 6.54 Å². The third-order valence-corrected chi connectivity index (χ3v) is 2.94. The lowest BCUT2D eigenvalue weighted by Crippen LogP contribution is -2.12. The molecule has 0 saturated carbocycles. The van der Waals surface area contributed by atoms with Gasteiger partial charge in [0.2, 0.25) is 5.95 Å². The Labute approximate surface area is 112 Å². The van der Waals surface area contributed by atoms with Gasteiger partial charge in [0.05, 0.1) is 11.6 Å². The van der Waals surface area contributed by atoms with Crippen LogP contribution in [0.5, 0.6) is 0 Å². The number of rotatable bonds is 7. The lowest BCUT2D eigenvalue weighted by Gasteiger charge is -2.08. The summed E-state index contributed by atoms with van der Waals surface area (Å²) in [5.74, 6) is 7.24. The van der Waals surface area contributed by atoms with Crippen molar-refractivity contribution >= 4 is 22.8 Å². The second kappa shape index (κ2) is 6.33. The Hall–Kier alpha value is -1.89. The van der Waals surface area contributed by atoms with Gasteiger partial charge in [0.25, 0.3) is 0 Å². The molecule has 7 nitrogen and oxygen atoms in total. The molecule has 0 saturated heterocycles. The van der Waals surface area contributed by atoms with Crippen molar-refractivity contribution in [1.82, 2.24) is 20.2 Å². The predicted molar refractivity (Wildman–Crippen MR) is 76.7 cm³/mol. The largest absolute Gasteiger partial charge is 0.369 e. The van der Waals surface area contributed by atoms with Gasteiger partial charge < -0.3 is 5.32 Å². The van der Waals surface area contributed by atoms with E-state index in [2.05, 4.69) is 44.8 Å². The number of hydrogen-bond donors (Lipinski definition) is 4. The Morgan fingerprint density at radius 2 is 2.16 bits per heavy atom. The van der Waals surface area contributed by atoms with Crippen LogP contribution < -0.4 is 16.6 Å². The predicted octanol–water partition coefficient (Wildman–Crippen LogP) is 1.88. The second-order valence-corrected chi connectivity index (χ2v) is 4.99. The average molecular weight is 263 g/mol. The highest BCUT2D eigenvalue weighted by molar-refractivity contribution is 5.86. The number of nitrogens with zero attached hydrogens (tertiary/aromatic N) is 3. The van der Waals surface area contributed by atoms with Crippen molar-refractivity contribution in [3.05, 3.63) is 6.20 Å². The number of unbranched alkanes of at least 4 members (excludes halogenated alkanes) is 1. The summed E-state index contributed by atoms with van der Waals surface area (Å²) in [5.41, 5.74) is 3.13. The van der Waals surface area contributed by atoms with Crippen molar-refractivity contribution in [2.24, 2.45) is 11.8 Å². The smallest absolute Gasteiger partial charge is 0.241 e. The fourth-order valence-electron chi connectivity index (χ4n) is 1.92. The van der Waals surface area contributed by atoms with Crippen molar-refractivity contribution in [2.45, 2.75) is 33.1 Å². The Morgan fingerprint density at radius 1 is 1.32 bits per heavy atom. The number of H-pyrrole nitrogens is 1. The molecule has 2 aromatic rings. The van der Waals surface area contributed by atoms with E-state index in [-0.39, 0.29) is 0 Å². The van der Waals surface area contributed by atoms with Gasteiger partial charge in [0.15, 0.2) is 5.65 Å². The lowest BCUT2D eigenvalue weighted by molar-refractivity contribution is 0.544. The molecule has 0 spiro atoms. The van der Waals surface area contributed by atoms with E-state index >= 15 is 0 Å². The SMILES string of the molecule is CC(C)CCCCNc1nc(NN)nc2[nH]ncc12. The number of fused-ring (bicyclic) bond motifs is 1. The molecule has 0 fully saturated rings. The molecular weight excluding hydrogens is 242 g/mol. The van der Waals surface area contributed by atoms with E-state index in [9.17, 15) is 0 Å². The third-order valence-electron chi connectivity index (χ3n) is 2.94. The highest BCUT2D eigenvalue weighted by atomic mass is 15.3. The van der Waals surface area contributed by atoms with Gasteiger partial charge in [-0.1, -0.05) is 26.7 Å². The average Bonchev–Trinajstić information content (AvgIpc) is 2.85. The Kier molecular flexibility index (Phi) is 4.51. The van der Waals surface area contributed by atoms with E-state index in [4.69, 9.17) is 5.84 Å². The molecule has 0 atom stereocenters. The maximum Gasteiger partial charge on any atom is 0.241 e. The fourth-order valence-corrected chi connectivity index (χ4v) is 1.92. The highest BCUT2D eigenvalue weighted by Gasteiger charge is 2.08. The monoisotopic (exact) mass is 263 g/mol. The van der Waals surface area contributed by atoms with Gasteiger partial charge in [-0.15, -0.1) is 0 Å². The summed E-state index contributed by atoms with van der Waals surface area (Å²) in [7, 11) is 0. The summed E-state index contributed by atoms with van der Waals surface area (Å²) in [4.78, 5) is 8.48. The molecule has 104 valence electrons. The molecule has 0 aliphatic heterocycles. The molecule has 0 aromatic carbocycles. The van der Waals surface area contributed by atoms with Crippen molar-refractivity contribution in [1.29, 1.82) is 0 Å². The van der Waals surface area contributed by atoms with Crippen molar-refractivity contribution in [2.75, 3.05) is 17.3 Å². The summed E-state index contributed by atoms with van der Waals surface area (Å²) < 4.78 is 0. The number of nitrogens with two attached hydrogens (primary N) is 1. The third kappa shape index (κ3) is 3.54. The zero-order valence-corrected chi connectivity index (χ0v) is 11.4. The van der Waals surface area contributed by atoms with Crippen LogP contribution in [-0.4, -0.2) is 26.7 Å². The minimum Gasteiger partial charge on any atom is -0.369 e. The second-order valence-electron chi connectivity index (χ2n) is 4.99. The fraction of sp³-hybridized carbons (Fsp3) is 0.583. The normalized spacial score (nSPS) is 11.2.